The predicted octanol–water partition coefficient (Wildman–Crippen LogP) is 9.94. The van der Waals surface area contributed by atoms with Crippen molar-refractivity contribution in [3.8, 4) is 16.9 Å². The Kier molecular flexibility index (Phi) is 8.74. The molecule has 0 radical (unpaired) electrons. The molecule has 0 fully saturated rings. The van der Waals surface area contributed by atoms with E-state index in [1.165, 1.54) is 0 Å². The second kappa shape index (κ2) is 13.1. The minimum Gasteiger partial charge on any atom is -0.472 e. The number of hydrogen-bond donors (Lipinski definition) is 0. The molecule has 0 saturated carbocycles. The first kappa shape index (κ1) is 34.1. The van der Waals surface area contributed by atoms with E-state index in [9.17, 15) is 9.59 Å². The number of ether oxygens (including phenoxy) is 3. The minimum atomic E-state index is -1.14. The van der Waals surface area contributed by atoms with E-state index in [0.29, 0.717) is 12.8 Å². The van der Waals surface area contributed by atoms with Crippen molar-refractivity contribution in [2.45, 2.75) is 70.2 Å². The Hall–Kier alpha value is -5.36. The normalized spacial score (nSPS) is 18.7. The van der Waals surface area contributed by atoms with Gasteiger partial charge in [-0.3, -0.25) is 9.59 Å². The Balaban J connectivity index is 1.36. The van der Waals surface area contributed by atoms with Crippen molar-refractivity contribution in [2.24, 2.45) is 0 Å². The highest BCUT2D eigenvalue weighted by Gasteiger charge is 2.48. The predicted molar refractivity (Wildman–Crippen MR) is 204 cm³/mol. The molecule has 0 saturated heterocycles. The van der Waals surface area contributed by atoms with E-state index < -0.39 is 28.7 Å². The van der Waals surface area contributed by atoms with Gasteiger partial charge in [0.25, 0.3) is 0 Å². The zero-order chi connectivity index (χ0) is 36.0. The number of benzene rings is 5. The van der Waals surface area contributed by atoms with E-state index in [4.69, 9.17) is 14.2 Å². The average molecular weight is 680 g/mol. The number of rotatable bonds is 10. The molecule has 51 heavy (non-hydrogen) atoms. The number of anilines is 1. The van der Waals surface area contributed by atoms with Crippen LogP contribution >= 0.6 is 0 Å². The Morgan fingerprint density at radius 2 is 1.37 bits per heavy atom. The largest absolute Gasteiger partial charge is 0.472 e. The Morgan fingerprint density at radius 3 is 2.06 bits per heavy atom. The van der Waals surface area contributed by atoms with E-state index in [1.807, 2.05) is 90.3 Å². The molecular formula is C45H45NO5. The number of carbonyl (C=O) groups is 2. The second-order valence-electron chi connectivity index (χ2n) is 14.2. The molecule has 6 nitrogen and oxygen atoms in total. The molecule has 2 atom stereocenters. The van der Waals surface area contributed by atoms with Gasteiger partial charge in [0.2, 0.25) is 0 Å². The molecule has 1 heterocycles. The fourth-order valence-corrected chi connectivity index (χ4v) is 7.60. The summed E-state index contributed by atoms with van der Waals surface area (Å²) in [5, 5.41) is 1.99. The second-order valence-corrected chi connectivity index (χ2v) is 14.2. The molecule has 260 valence electrons. The fourth-order valence-electron chi connectivity index (χ4n) is 7.60. The molecular weight excluding hydrogens is 634 g/mol. The molecule has 2 unspecified atom stereocenters. The van der Waals surface area contributed by atoms with Crippen LogP contribution in [-0.4, -0.2) is 31.6 Å². The highest BCUT2D eigenvalue weighted by atomic mass is 16.6. The highest BCUT2D eigenvalue weighted by Crippen LogP contribution is 2.58. The van der Waals surface area contributed by atoms with Crippen molar-refractivity contribution >= 4 is 34.5 Å². The standard InChI is InChI=1S/C45H45NO5/c1-7-43(3,8-2)49-38(47)26-27-39(48)50-44(4)37-21-15-14-20-35(37)40-33-18-12-13-19-34(33)42-36(41(40)44)28-29-45(51-42,30-16-10-9-11-17-30)31-22-24-32(25-23-31)46(5)6/h9-25,28-29H,7-8,26-27H2,1-6H3. The maximum absolute atomic E-state index is 13.7. The van der Waals surface area contributed by atoms with Gasteiger partial charge in [0.05, 0.1) is 12.8 Å². The number of esters is 2. The third-order valence-corrected chi connectivity index (χ3v) is 10.9. The molecule has 0 N–H and O–H groups in total. The summed E-state index contributed by atoms with van der Waals surface area (Å²) < 4.78 is 19.6. The molecule has 2 aliphatic rings. The smallest absolute Gasteiger partial charge is 0.307 e. The summed E-state index contributed by atoms with van der Waals surface area (Å²) in [7, 11) is 4.06. The highest BCUT2D eigenvalue weighted by molar-refractivity contribution is 6.08. The summed E-state index contributed by atoms with van der Waals surface area (Å²) in [6, 6.07) is 35.2. The molecule has 7 rings (SSSR count). The van der Waals surface area contributed by atoms with Gasteiger partial charge in [-0.25, -0.2) is 0 Å². The molecule has 6 heteroatoms. The van der Waals surface area contributed by atoms with Crippen LogP contribution in [0.25, 0.3) is 28.0 Å². The van der Waals surface area contributed by atoms with Crippen LogP contribution in [0.15, 0.2) is 109 Å². The van der Waals surface area contributed by atoms with Crippen LogP contribution in [0, 0.1) is 0 Å². The van der Waals surface area contributed by atoms with Crippen molar-refractivity contribution in [3.05, 3.63) is 137 Å². The monoisotopic (exact) mass is 679 g/mol. The van der Waals surface area contributed by atoms with Crippen LogP contribution in [0.5, 0.6) is 5.75 Å². The molecule has 5 aromatic carbocycles. The van der Waals surface area contributed by atoms with Gasteiger partial charge in [-0.15, -0.1) is 0 Å². The third-order valence-electron chi connectivity index (χ3n) is 10.9. The molecule has 1 aliphatic heterocycles. The van der Waals surface area contributed by atoms with E-state index in [1.54, 1.807) is 0 Å². The van der Waals surface area contributed by atoms with Gasteiger partial charge < -0.3 is 19.1 Å². The summed E-state index contributed by atoms with van der Waals surface area (Å²) in [4.78, 5) is 28.6. The van der Waals surface area contributed by atoms with E-state index in [2.05, 4.69) is 71.6 Å². The fraction of sp³-hybridized carbons (Fsp3) is 0.289. The number of fused-ring (bicyclic) bond motifs is 8. The molecule has 0 spiro atoms. The lowest BCUT2D eigenvalue weighted by molar-refractivity contribution is -0.164. The van der Waals surface area contributed by atoms with Crippen LogP contribution in [-0.2, 0) is 30.3 Å². The first-order chi connectivity index (χ1) is 24.5. The van der Waals surface area contributed by atoms with Crippen LogP contribution < -0.4 is 9.64 Å². The maximum Gasteiger partial charge on any atom is 0.307 e. The van der Waals surface area contributed by atoms with Gasteiger partial charge in [0.15, 0.2) is 11.2 Å². The average Bonchev–Trinajstić information content (AvgIpc) is 3.42. The molecule has 0 bridgehead atoms. The maximum atomic E-state index is 13.7. The van der Waals surface area contributed by atoms with Crippen molar-refractivity contribution in [3.63, 3.8) is 0 Å². The Morgan fingerprint density at radius 1 is 0.765 bits per heavy atom. The van der Waals surface area contributed by atoms with Crippen molar-refractivity contribution in [2.75, 3.05) is 19.0 Å². The van der Waals surface area contributed by atoms with Crippen molar-refractivity contribution in [1.29, 1.82) is 0 Å². The molecule has 1 aliphatic carbocycles. The summed E-state index contributed by atoms with van der Waals surface area (Å²) in [5.41, 5.74) is 5.15. The molecule has 5 aromatic rings. The number of hydrogen-bond acceptors (Lipinski definition) is 6. The minimum absolute atomic E-state index is 0.0515. The van der Waals surface area contributed by atoms with E-state index >= 15 is 0 Å². The van der Waals surface area contributed by atoms with Crippen molar-refractivity contribution < 1.29 is 23.8 Å². The Labute approximate surface area is 300 Å². The quantitative estimate of drug-likeness (QED) is 0.137. The lowest BCUT2D eigenvalue weighted by Gasteiger charge is -2.39. The zero-order valence-corrected chi connectivity index (χ0v) is 30.3. The molecule has 0 amide bonds. The lowest BCUT2D eigenvalue weighted by Crippen LogP contribution is -2.36. The third kappa shape index (κ3) is 5.77. The Bertz CT molecular complexity index is 2150. The van der Waals surface area contributed by atoms with Gasteiger partial charge in [0.1, 0.15) is 11.4 Å². The van der Waals surface area contributed by atoms with Crippen LogP contribution in [0.4, 0.5) is 5.69 Å². The summed E-state index contributed by atoms with van der Waals surface area (Å²) in [5.74, 6) is -0.135. The van der Waals surface area contributed by atoms with E-state index in [0.717, 1.165) is 61.2 Å². The molecule has 0 aromatic heterocycles. The number of nitrogens with zero attached hydrogens (tertiary/aromatic N) is 1. The SMILES string of the molecule is CCC(C)(CC)OC(=O)CCC(=O)OC1(C)c2ccccc2-c2c1c1c(c3ccccc23)OC(c2ccccc2)(c2ccc(N(C)C)cc2)C=C1. The van der Waals surface area contributed by atoms with Gasteiger partial charge in [-0.2, -0.15) is 0 Å². The topological polar surface area (TPSA) is 65.1 Å². The van der Waals surface area contributed by atoms with Gasteiger partial charge in [0, 0.05) is 53.0 Å². The van der Waals surface area contributed by atoms with Crippen LogP contribution in [0.2, 0.25) is 0 Å². The number of carbonyl (C=O) groups excluding carboxylic acids is 2. The van der Waals surface area contributed by atoms with Crippen LogP contribution in [0.1, 0.15) is 81.2 Å². The van der Waals surface area contributed by atoms with Gasteiger partial charge in [-0.05, 0) is 61.4 Å². The first-order valence-electron chi connectivity index (χ1n) is 17.9. The summed E-state index contributed by atoms with van der Waals surface area (Å²) in [6.45, 7) is 7.87. The first-order valence-corrected chi connectivity index (χ1v) is 17.9. The zero-order valence-electron chi connectivity index (χ0n) is 30.3. The van der Waals surface area contributed by atoms with Crippen molar-refractivity contribution in [1.82, 2.24) is 0 Å². The van der Waals surface area contributed by atoms with Gasteiger partial charge >= 0.3 is 11.9 Å². The lowest BCUT2D eigenvalue weighted by atomic mass is 9.80. The summed E-state index contributed by atoms with van der Waals surface area (Å²) >= 11 is 0. The van der Waals surface area contributed by atoms with Crippen LogP contribution in [0.3, 0.4) is 0 Å². The summed E-state index contributed by atoms with van der Waals surface area (Å²) in [6.07, 6.45) is 5.54. The van der Waals surface area contributed by atoms with Gasteiger partial charge in [-0.1, -0.05) is 111 Å². The van der Waals surface area contributed by atoms with E-state index in [-0.39, 0.29) is 12.8 Å².